The number of methoxy groups -OCH3 is 1. The van der Waals surface area contributed by atoms with Crippen LogP contribution in [0, 0.1) is 11.3 Å². The SMILES string of the molecule is COc1cccc(N2CCN(CC(=O)Nc3ccc(C#N)c(Cl)c3)C[C@H]2C)c1. The van der Waals surface area contributed by atoms with Crippen molar-refractivity contribution in [2.24, 2.45) is 0 Å². The number of rotatable bonds is 5. The summed E-state index contributed by atoms with van der Waals surface area (Å²) in [6, 6.07) is 15.2. The third kappa shape index (κ3) is 4.75. The monoisotopic (exact) mass is 398 g/mol. The zero-order valence-corrected chi connectivity index (χ0v) is 16.7. The first-order valence-electron chi connectivity index (χ1n) is 9.12. The second kappa shape index (κ2) is 8.96. The van der Waals surface area contributed by atoms with Crippen molar-refractivity contribution in [3.8, 4) is 11.8 Å². The molecule has 1 N–H and O–H groups in total. The molecule has 3 rings (SSSR count). The molecule has 0 unspecified atom stereocenters. The van der Waals surface area contributed by atoms with Gasteiger partial charge in [0.1, 0.15) is 11.8 Å². The van der Waals surface area contributed by atoms with E-state index in [-0.39, 0.29) is 11.9 Å². The van der Waals surface area contributed by atoms with Crippen molar-refractivity contribution in [3.63, 3.8) is 0 Å². The average molecular weight is 399 g/mol. The van der Waals surface area contributed by atoms with Crippen molar-refractivity contribution in [1.82, 2.24) is 4.90 Å². The van der Waals surface area contributed by atoms with E-state index in [2.05, 4.69) is 28.1 Å². The number of nitrogens with zero attached hydrogens (tertiary/aromatic N) is 3. The lowest BCUT2D eigenvalue weighted by Gasteiger charge is -2.41. The summed E-state index contributed by atoms with van der Waals surface area (Å²) in [5.74, 6) is 0.746. The Kier molecular flexibility index (Phi) is 6.40. The molecule has 1 atom stereocenters. The van der Waals surface area contributed by atoms with Gasteiger partial charge in [0.05, 0.1) is 24.2 Å². The smallest absolute Gasteiger partial charge is 0.238 e. The van der Waals surface area contributed by atoms with E-state index in [1.807, 2.05) is 24.3 Å². The molecule has 1 saturated heterocycles. The third-order valence-corrected chi connectivity index (χ3v) is 5.15. The first-order chi connectivity index (χ1) is 13.5. The van der Waals surface area contributed by atoms with E-state index in [1.54, 1.807) is 25.3 Å². The van der Waals surface area contributed by atoms with Crippen LogP contribution in [0.5, 0.6) is 5.75 Å². The van der Waals surface area contributed by atoms with Crippen LogP contribution in [0.15, 0.2) is 42.5 Å². The van der Waals surface area contributed by atoms with Gasteiger partial charge in [0.15, 0.2) is 0 Å². The Balaban J connectivity index is 1.56. The van der Waals surface area contributed by atoms with Crippen LogP contribution in [0.4, 0.5) is 11.4 Å². The molecule has 2 aromatic carbocycles. The Morgan fingerprint density at radius 2 is 2.14 bits per heavy atom. The van der Waals surface area contributed by atoms with Gasteiger partial charge in [-0.15, -0.1) is 0 Å². The molecule has 1 heterocycles. The highest BCUT2D eigenvalue weighted by Crippen LogP contribution is 2.25. The minimum Gasteiger partial charge on any atom is -0.497 e. The highest BCUT2D eigenvalue weighted by atomic mass is 35.5. The van der Waals surface area contributed by atoms with E-state index in [0.29, 0.717) is 22.8 Å². The van der Waals surface area contributed by atoms with Crippen LogP contribution in [0.2, 0.25) is 5.02 Å². The summed E-state index contributed by atoms with van der Waals surface area (Å²) in [7, 11) is 1.67. The van der Waals surface area contributed by atoms with Crippen LogP contribution < -0.4 is 15.0 Å². The molecule has 6 nitrogen and oxygen atoms in total. The molecule has 1 aliphatic heterocycles. The summed E-state index contributed by atoms with van der Waals surface area (Å²) in [6.07, 6.45) is 0. The highest BCUT2D eigenvalue weighted by molar-refractivity contribution is 6.32. The lowest BCUT2D eigenvalue weighted by atomic mass is 10.1. The molecular formula is C21H23ClN4O2. The predicted molar refractivity (Wildman–Crippen MR) is 111 cm³/mol. The number of piperazine rings is 1. The second-order valence-corrected chi connectivity index (χ2v) is 7.24. The van der Waals surface area contributed by atoms with Crippen molar-refractivity contribution >= 4 is 28.9 Å². The van der Waals surface area contributed by atoms with Gasteiger partial charge >= 0.3 is 0 Å². The van der Waals surface area contributed by atoms with Crippen molar-refractivity contribution in [2.45, 2.75) is 13.0 Å². The largest absolute Gasteiger partial charge is 0.497 e. The van der Waals surface area contributed by atoms with Gasteiger partial charge in [-0.25, -0.2) is 0 Å². The molecule has 1 fully saturated rings. The molecular weight excluding hydrogens is 376 g/mol. The van der Waals surface area contributed by atoms with Gasteiger partial charge in [0, 0.05) is 43.1 Å². The Bertz CT molecular complexity index is 896. The van der Waals surface area contributed by atoms with Crippen LogP contribution in [0.1, 0.15) is 12.5 Å². The van der Waals surface area contributed by atoms with Crippen LogP contribution in [0.25, 0.3) is 0 Å². The summed E-state index contributed by atoms with van der Waals surface area (Å²) in [6.45, 7) is 4.89. The zero-order valence-electron chi connectivity index (χ0n) is 16.0. The van der Waals surface area contributed by atoms with Crippen LogP contribution in [0.3, 0.4) is 0 Å². The third-order valence-electron chi connectivity index (χ3n) is 4.84. The lowest BCUT2D eigenvalue weighted by Crippen LogP contribution is -2.53. The van der Waals surface area contributed by atoms with Gasteiger partial charge in [-0.3, -0.25) is 9.69 Å². The maximum Gasteiger partial charge on any atom is 0.238 e. The topological polar surface area (TPSA) is 68.6 Å². The van der Waals surface area contributed by atoms with Crippen molar-refractivity contribution in [1.29, 1.82) is 5.26 Å². The van der Waals surface area contributed by atoms with E-state index in [4.69, 9.17) is 21.6 Å². The van der Waals surface area contributed by atoms with Crippen LogP contribution in [-0.4, -0.2) is 50.1 Å². The molecule has 7 heteroatoms. The van der Waals surface area contributed by atoms with Gasteiger partial charge < -0.3 is 15.0 Å². The minimum atomic E-state index is -0.0946. The summed E-state index contributed by atoms with van der Waals surface area (Å²) in [5.41, 5.74) is 2.11. The normalized spacial score (nSPS) is 17.1. The van der Waals surface area contributed by atoms with E-state index < -0.39 is 0 Å². The summed E-state index contributed by atoms with van der Waals surface area (Å²) < 4.78 is 5.32. The molecule has 146 valence electrons. The van der Waals surface area contributed by atoms with Crippen molar-refractivity contribution in [2.75, 3.05) is 43.5 Å². The fourth-order valence-corrected chi connectivity index (χ4v) is 3.66. The minimum absolute atomic E-state index is 0.0946. The van der Waals surface area contributed by atoms with E-state index in [0.717, 1.165) is 31.1 Å². The molecule has 0 saturated carbocycles. The number of anilines is 2. The van der Waals surface area contributed by atoms with Gasteiger partial charge in [-0.05, 0) is 37.3 Å². The standard InChI is InChI=1S/C21H23ClN4O2/c1-15-13-25(8-9-26(15)18-4-3-5-19(11-18)28-2)14-21(27)24-17-7-6-16(12-23)20(22)10-17/h3-7,10-11,15H,8-9,13-14H2,1-2H3,(H,24,27)/t15-/m1/s1. The van der Waals surface area contributed by atoms with E-state index >= 15 is 0 Å². The number of carbonyl (C=O) groups excluding carboxylic acids is 1. The Labute approximate surface area is 170 Å². The van der Waals surface area contributed by atoms with E-state index in [9.17, 15) is 4.79 Å². The van der Waals surface area contributed by atoms with Crippen molar-refractivity contribution < 1.29 is 9.53 Å². The van der Waals surface area contributed by atoms with Gasteiger partial charge in [-0.1, -0.05) is 17.7 Å². The lowest BCUT2D eigenvalue weighted by molar-refractivity contribution is -0.117. The van der Waals surface area contributed by atoms with Gasteiger partial charge in [0.25, 0.3) is 0 Å². The average Bonchev–Trinajstić information content (AvgIpc) is 2.68. The fraction of sp³-hybridized carbons (Fsp3) is 0.333. The fourth-order valence-electron chi connectivity index (χ4n) is 3.44. The molecule has 0 radical (unpaired) electrons. The summed E-state index contributed by atoms with van der Waals surface area (Å²) in [4.78, 5) is 16.9. The number of ether oxygens (including phenoxy) is 1. The summed E-state index contributed by atoms with van der Waals surface area (Å²) in [5, 5.41) is 12.1. The maximum atomic E-state index is 12.4. The molecule has 0 aliphatic carbocycles. The number of hydrogen-bond donors (Lipinski definition) is 1. The summed E-state index contributed by atoms with van der Waals surface area (Å²) >= 11 is 6.02. The zero-order chi connectivity index (χ0) is 20.1. The van der Waals surface area contributed by atoms with Gasteiger partial charge in [-0.2, -0.15) is 5.26 Å². The maximum absolute atomic E-state index is 12.4. The predicted octanol–water partition coefficient (Wildman–Crippen LogP) is 3.37. The van der Waals surface area contributed by atoms with Crippen LogP contribution in [-0.2, 0) is 4.79 Å². The number of benzene rings is 2. The highest BCUT2D eigenvalue weighted by Gasteiger charge is 2.25. The van der Waals surface area contributed by atoms with E-state index in [1.165, 1.54) is 0 Å². The Morgan fingerprint density at radius 1 is 1.32 bits per heavy atom. The Morgan fingerprint density at radius 3 is 2.82 bits per heavy atom. The second-order valence-electron chi connectivity index (χ2n) is 6.83. The number of halogens is 1. The van der Waals surface area contributed by atoms with Crippen molar-refractivity contribution in [3.05, 3.63) is 53.1 Å². The molecule has 1 aliphatic rings. The number of hydrogen-bond acceptors (Lipinski definition) is 5. The quantitative estimate of drug-likeness (QED) is 0.836. The molecule has 0 aromatic heterocycles. The molecule has 0 bridgehead atoms. The van der Waals surface area contributed by atoms with Crippen LogP contribution >= 0.6 is 11.6 Å². The molecule has 0 spiro atoms. The molecule has 28 heavy (non-hydrogen) atoms. The number of nitriles is 1. The Hall–Kier alpha value is -2.75. The first kappa shape index (κ1) is 20.0. The molecule has 2 aromatic rings. The molecule has 1 amide bonds. The number of amides is 1. The first-order valence-corrected chi connectivity index (χ1v) is 9.50. The number of nitrogens with one attached hydrogen (secondary N) is 1. The number of carbonyl (C=O) groups is 1. The van der Waals surface area contributed by atoms with Gasteiger partial charge in [0.2, 0.25) is 5.91 Å².